The molecular formula is C23H18Cl4N2O2. The number of carbonyl (C=O) groups is 1. The van der Waals surface area contributed by atoms with Crippen LogP contribution in [0.5, 0.6) is 5.75 Å². The Morgan fingerprint density at radius 1 is 0.935 bits per heavy atom. The van der Waals surface area contributed by atoms with Crippen LogP contribution < -0.4 is 10.2 Å². The molecular weight excluding hydrogens is 478 g/mol. The number of hydrogen-bond donors (Lipinski definition) is 1. The van der Waals surface area contributed by atoms with Crippen molar-refractivity contribution in [1.82, 2.24) is 5.43 Å². The van der Waals surface area contributed by atoms with Crippen molar-refractivity contribution in [2.45, 2.75) is 20.5 Å². The third-order valence-corrected chi connectivity index (χ3v) is 5.69. The summed E-state index contributed by atoms with van der Waals surface area (Å²) in [5.41, 5.74) is 6.37. The van der Waals surface area contributed by atoms with Crippen molar-refractivity contribution in [1.29, 1.82) is 0 Å². The maximum atomic E-state index is 12.2. The molecule has 3 aromatic rings. The van der Waals surface area contributed by atoms with Crippen LogP contribution in [0.15, 0.2) is 53.6 Å². The van der Waals surface area contributed by atoms with Crippen LogP contribution in [0, 0.1) is 13.8 Å². The van der Waals surface area contributed by atoms with Crippen LogP contribution in [0.1, 0.15) is 32.6 Å². The molecule has 0 fully saturated rings. The summed E-state index contributed by atoms with van der Waals surface area (Å²) < 4.78 is 5.99. The number of nitrogens with zero attached hydrogens (tertiary/aromatic N) is 1. The van der Waals surface area contributed by atoms with Crippen LogP contribution in [0.2, 0.25) is 20.1 Å². The van der Waals surface area contributed by atoms with Gasteiger partial charge in [-0.2, -0.15) is 5.10 Å². The Hall–Kier alpha value is -2.24. The number of halogens is 4. The molecule has 0 radical (unpaired) electrons. The number of nitrogens with one attached hydrogen (secondary N) is 1. The van der Waals surface area contributed by atoms with Crippen LogP contribution in [0.25, 0.3) is 0 Å². The predicted octanol–water partition coefficient (Wildman–Crippen LogP) is 7.26. The maximum absolute atomic E-state index is 12.2. The largest absolute Gasteiger partial charge is 0.488 e. The molecule has 0 unspecified atom stereocenters. The summed E-state index contributed by atoms with van der Waals surface area (Å²) in [7, 11) is 0. The molecule has 0 bridgehead atoms. The lowest BCUT2D eigenvalue weighted by Gasteiger charge is -2.13. The molecule has 0 spiro atoms. The normalized spacial score (nSPS) is 11.0. The average Bonchev–Trinajstić information content (AvgIpc) is 2.70. The van der Waals surface area contributed by atoms with Gasteiger partial charge in [-0.25, -0.2) is 5.43 Å². The van der Waals surface area contributed by atoms with Crippen molar-refractivity contribution < 1.29 is 9.53 Å². The molecule has 1 N–H and O–H groups in total. The van der Waals surface area contributed by atoms with Gasteiger partial charge in [0.1, 0.15) is 12.4 Å². The highest BCUT2D eigenvalue weighted by Gasteiger charge is 2.10. The summed E-state index contributed by atoms with van der Waals surface area (Å²) in [6.45, 7) is 4.26. The third kappa shape index (κ3) is 6.14. The van der Waals surface area contributed by atoms with Gasteiger partial charge in [-0.15, -0.1) is 0 Å². The first-order chi connectivity index (χ1) is 14.7. The molecule has 31 heavy (non-hydrogen) atoms. The Kier molecular flexibility index (Phi) is 7.84. The van der Waals surface area contributed by atoms with Crippen LogP contribution in [0.3, 0.4) is 0 Å². The van der Waals surface area contributed by atoms with Crippen molar-refractivity contribution >= 4 is 58.5 Å². The van der Waals surface area contributed by atoms with E-state index in [1.807, 2.05) is 32.0 Å². The molecule has 0 aliphatic carbocycles. The molecule has 0 atom stereocenters. The van der Waals surface area contributed by atoms with E-state index in [1.165, 1.54) is 6.07 Å². The molecule has 0 saturated carbocycles. The number of aryl methyl sites for hydroxylation is 2. The SMILES string of the molecule is Cc1cc(/C=N\NC(=O)c2ccc(Cl)cc2Cl)cc(C)c1OCc1ccc(Cl)c(Cl)c1. The van der Waals surface area contributed by atoms with Crippen molar-refractivity contribution in [3.8, 4) is 5.75 Å². The maximum Gasteiger partial charge on any atom is 0.272 e. The minimum atomic E-state index is -0.423. The van der Waals surface area contributed by atoms with E-state index in [-0.39, 0.29) is 5.02 Å². The highest BCUT2D eigenvalue weighted by molar-refractivity contribution is 6.42. The smallest absolute Gasteiger partial charge is 0.272 e. The lowest BCUT2D eigenvalue weighted by molar-refractivity contribution is 0.0955. The minimum absolute atomic E-state index is 0.260. The topological polar surface area (TPSA) is 50.7 Å². The number of hydrazone groups is 1. The minimum Gasteiger partial charge on any atom is -0.488 e. The Balaban J connectivity index is 1.66. The number of rotatable bonds is 6. The third-order valence-electron chi connectivity index (χ3n) is 4.41. The van der Waals surface area contributed by atoms with E-state index in [1.54, 1.807) is 30.5 Å². The van der Waals surface area contributed by atoms with E-state index in [0.717, 1.165) is 28.0 Å². The lowest BCUT2D eigenvalue weighted by Crippen LogP contribution is -2.18. The van der Waals surface area contributed by atoms with Gasteiger partial charge < -0.3 is 4.74 Å². The van der Waals surface area contributed by atoms with E-state index >= 15 is 0 Å². The van der Waals surface area contributed by atoms with E-state index in [9.17, 15) is 4.79 Å². The van der Waals surface area contributed by atoms with Crippen molar-refractivity contribution in [3.05, 3.63) is 96.4 Å². The molecule has 0 aliphatic heterocycles. The standard InChI is InChI=1S/C23H18Cl4N2O2/c1-13-7-16(11-28-29-23(30)18-5-4-17(24)10-20(18)26)8-14(2)22(13)31-12-15-3-6-19(25)21(27)9-15/h3-11H,12H2,1-2H3,(H,29,30)/b28-11-. The Bertz CT molecular complexity index is 1140. The summed E-state index contributed by atoms with van der Waals surface area (Å²) in [6.07, 6.45) is 1.56. The van der Waals surface area contributed by atoms with Crippen LogP contribution >= 0.6 is 46.4 Å². The summed E-state index contributed by atoms with van der Waals surface area (Å²) in [4.78, 5) is 12.2. The summed E-state index contributed by atoms with van der Waals surface area (Å²) in [5, 5.41) is 5.73. The molecule has 0 aliphatic rings. The molecule has 8 heteroatoms. The lowest BCUT2D eigenvalue weighted by atomic mass is 10.1. The fourth-order valence-corrected chi connectivity index (χ4v) is 3.79. The van der Waals surface area contributed by atoms with E-state index in [4.69, 9.17) is 51.1 Å². The van der Waals surface area contributed by atoms with Gasteiger partial charge in [-0.1, -0.05) is 52.5 Å². The first-order valence-corrected chi connectivity index (χ1v) is 10.7. The second-order valence-corrected chi connectivity index (χ2v) is 8.50. The molecule has 0 saturated heterocycles. The first kappa shape index (κ1) is 23.4. The van der Waals surface area contributed by atoms with Crippen molar-refractivity contribution in [2.75, 3.05) is 0 Å². The number of ether oxygens (including phenoxy) is 1. The first-order valence-electron chi connectivity index (χ1n) is 9.21. The van der Waals surface area contributed by atoms with E-state index in [2.05, 4.69) is 10.5 Å². The highest BCUT2D eigenvalue weighted by atomic mass is 35.5. The second-order valence-electron chi connectivity index (χ2n) is 6.84. The van der Waals surface area contributed by atoms with Gasteiger partial charge in [0.05, 0.1) is 26.8 Å². The molecule has 3 aromatic carbocycles. The predicted molar refractivity (Wildman–Crippen MR) is 128 cm³/mol. The van der Waals surface area contributed by atoms with Gasteiger partial charge in [0.15, 0.2) is 0 Å². The second kappa shape index (κ2) is 10.4. The van der Waals surface area contributed by atoms with Gasteiger partial charge in [-0.3, -0.25) is 4.79 Å². The van der Waals surface area contributed by atoms with Gasteiger partial charge in [0, 0.05) is 5.02 Å². The van der Waals surface area contributed by atoms with Crippen molar-refractivity contribution in [3.63, 3.8) is 0 Å². The molecule has 4 nitrogen and oxygen atoms in total. The Morgan fingerprint density at radius 2 is 1.65 bits per heavy atom. The fourth-order valence-electron chi connectivity index (χ4n) is 2.97. The Labute approximate surface area is 200 Å². The number of benzene rings is 3. The van der Waals surface area contributed by atoms with Crippen LogP contribution in [0.4, 0.5) is 0 Å². The summed E-state index contributed by atoms with van der Waals surface area (Å²) in [5.74, 6) is 0.355. The van der Waals surface area contributed by atoms with E-state index in [0.29, 0.717) is 27.2 Å². The molecule has 1 amide bonds. The van der Waals surface area contributed by atoms with Crippen LogP contribution in [-0.4, -0.2) is 12.1 Å². The number of carbonyl (C=O) groups excluding carboxylic acids is 1. The van der Waals surface area contributed by atoms with Crippen molar-refractivity contribution in [2.24, 2.45) is 5.10 Å². The van der Waals surface area contributed by atoms with Gasteiger partial charge in [0.2, 0.25) is 0 Å². The highest BCUT2D eigenvalue weighted by Crippen LogP contribution is 2.27. The zero-order valence-corrected chi connectivity index (χ0v) is 19.7. The molecule has 0 heterocycles. The monoisotopic (exact) mass is 494 g/mol. The quantitative estimate of drug-likeness (QED) is 0.289. The number of amides is 1. The van der Waals surface area contributed by atoms with Gasteiger partial charge in [0.25, 0.3) is 5.91 Å². The van der Waals surface area contributed by atoms with Gasteiger partial charge in [-0.05, 0) is 78.6 Å². The zero-order chi connectivity index (χ0) is 22.5. The average molecular weight is 496 g/mol. The molecule has 160 valence electrons. The fraction of sp³-hybridized carbons (Fsp3) is 0.130. The molecule has 0 aromatic heterocycles. The summed E-state index contributed by atoms with van der Waals surface area (Å²) >= 11 is 23.9. The summed E-state index contributed by atoms with van der Waals surface area (Å²) in [6, 6.07) is 13.9. The number of hydrogen-bond acceptors (Lipinski definition) is 3. The molecule has 3 rings (SSSR count). The zero-order valence-electron chi connectivity index (χ0n) is 16.7. The van der Waals surface area contributed by atoms with Gasteiger partial charge >= 0.3 is 0 Å². The van der Waals surface area contributed by atoms with Crippen LogP contribution in [-0.2, 0) is 6.61 Å². The van der Waals surface area contributed by atoms with E-state index < -0.39 is 5.91 Å². The Morgan fingerprint density at radius 3 is 2.29 bits per heavy atom.